The first kappa shape index (κ1) is 14.8. The maximum absolute atomic E-state index is 11.7. The third-order valence-corrected chi connectivity index (χ3v) is 3.73. The van der Waals surface area contributed by atoms with Crippen molar-refractivity contribution in [1.29, 1.82) is 0 Å². The van der Waals surface area contributed by atoms with Crippen LogP contribution in [0.25, 0.3) is 0 Å². The first-order valence-electron chi connectivity index (χ1n) is 5.59. The molecule has 5 nitrogen and oxygen atoms in total. The van der Waals surface area contributed by atoms with Crippen molar-refractivity contribution in [2.45, 2.75) is 17.7 Å². The van der Waals surface area contributed by atoms with E-state index in [1.807, 2.05) is 0 Å². The molecule has 102 valence electrons. The van der Waals surface area contributed by atoms with Crippen LogP contribution in [-0.4, -0.2) is 35.4 Å². The number of hydrogen-bond acceptors (Lipinski definition) is 5. The van der Waals surface area contributed by atoms with E-state index >= 15 is 0 Å². The summed E-state index contributed by atoms with van der Waals surface area (Å²) in [5, 5.41) is 0. The summed E-state index contributed by atoms with van der Waals surface area (Å²) in [6, 6.07) is 3.20. The highest BCUT2D eigenvalue weighted by atomic mass is 32.2. The maximum atomic E-state index is 11.7. The molecule has 0 spiro atoms. The van der Waals surface area contributed by atoms with Gasteiger partial charge in [0.05, 0.1) is 14.2 Å². The van der Waals surface area contributed by atoms with Gasteiger partial charge in [0, 0.05) is 12.3 Å². The number of hydrogen-bond donors (Lipinski definition) is 1. The van der Waals surface area contributed by atoms with Crippen LogP contribution in [0.1, 0.15) is 12.0 Å². The highest BCUT2D eigenvalue weighted by molar-refractivity contribution is 7.90. The normalized spacial score (nSPS) is 11.3. The molecule has 2 N–H and O–H groups in total. The van der Waals surface area contributed by atoms with Crippen molar-refractivity contribution in [2.24, 2.45) is 5.73 Å². The van der Waals surface area contributed by atoms with Gasteiger partial charge in [-0.1, -0.05) is 0 Å². The standard InChI is InChI=1S/C12H19NO4S/c1-16-10-8-12(18(3,14)15)11(17-2)7-9(10)5-4-6-13/h7-8H,4-6,13H2,1-3H3. The molecule has 18 heavy (non-hydrogen) atoms. The number of methoxy groups -OCH3 is 2. The summed E-state index contributed by atoms with van der Waals surface area (Å²) in [7, 11) is -0.384. The SMILES string of the molecule is COc1cc(S(C)(=O)=O)c(OC)cc1CCCN. The molecule has 0 saturated heterocycles. The number of ether oxygens (including phenoxy) is 2. The lowest BCUT2D eigenvalue weighted by atomic mass is 10.1. The number of benzene rings is 1. The van der Waals surface area contributed by atoms with Crippen molar-refractivity contribution in [3.8, 4) is 11.5 Å². The molecule has 0 heterocycles. The molecule has 0 amide bonds. The molecule has 0 bridgehead atoms. The van der Waals surface area contributed by atoms with E-state index in [1.54, 1.807) is 6.07 Å². The Hall–Kier alpha value is -1.27. The number of aryl methyl sites for hydroxylation is 1. The van der Waals surface area contributed by atoms with Crippen LogP contribution >= 0.6 is 0 Å². The predicted octanol–water partition coefficient (Wildman–Crippen LogP) is 0.999. The molecular formula is C12H19NO4S. The van der Waals surface area contributed by atoms with E-state index in [4.69, 9.17) is 15.2 Å². The zero-order valence-electron chi connectivity index (χ0n) is 10.9. The Morgan fingerprint density at radius 2 is 1.78 bits per heavy atom. The molecule has 0 aliphatic carbocycles. The summed E-state index contributed by atoms with van der Waals surface area (Å²) in [6.45, 7) is 0.569. The van der Waals surface area contributed by atoms with E-state index in [0.717, 1.165) is 24.7 Å². The molecule has 1 aromatic rings. The monoisotopic (exact) mass is 273 g/mol. The first-order valence-corrected chi connectivity index (χ1v) is 7.48. The van der Waals surface area contributed by atoms with Gasteiger partial charge in [-0.2, -0.15) is 0 Å². The Morgan fingerprint density at radius 3 is 2.22 bits per heavy atom. The average Bonchev–Trinajstić information content (AvgIpc) is 2.33. The highest BCUT2D eigenvalue weighted by Crippen LogP contribution is 2.32. The second kappa shape index (κ2) is 6.06. The minimum absolute atomic E-state index is 0.137. The van der Waals surface area contributed by atoms with Gasteiger partial charge >= 0.3 is 0 Å². The van der Waals surface area contributed by atoms with Crippen molar-refractivity contribution < 1.29 is 17.9 Å². The Morgan fingerprint density at radius 1 is 1.17 bits per heavy atom. The lowest BCUT2D eigenvalue weighted by Gasteiger charge is -2.13. The quantitative estimate of drug-likeness (QED) is 0.836. The van der Waals surface area contributed by atoms with Crippen LogP contribution in [0.3, 0.4) is 0 Å². The van der Waals surface area contributed by atoms with Crippen molar-refractivity contribution >= 4 is 9.84 Å². The predicted molar refractivity (Wildman–Crippen MR) is 70.0 cm³/mol. The van der Waals surface area contributed by atoms with Crippen molar-refractivity contribution in [3.05, 3.63) is 17.7 Å². The fraction of sp³-hybridized carbons (Fsp3) is 0.500. The molecule has 0 aliphatic heterocycles. The van der Waals surface area contributed by atoms with E-state index in [-0.39, 0.29) is 4.90 Å². The van der Waals surface area contributed by atoms with Gasteiger partial charge in [-0.15, -0.1) is 0 Å². The third-order valence-electron chi connectivity index (χ3n) is 2.62. The van der Waals surface area contributed by atoms with Gasteiger partial charge in [0.15, 0.2) is 9.84 Å². The average molecular weight is 273 g/mol. The topological polar surface area (TPSA) is 78.6 Å². The zero-order valence-corrected chi connectivity index (χ0v) is 11.7. The molecule has 6 heteroatoms. The van der Waals surface area contributed by atoms with Crippen LogP contribution in [-0.2, 0) is 16.3 Å². The zero-order chi connectivity index (χ0) is 13.8. The first-order chi connectivity index (χ1) is 8.43. The van der Waals surface area contributed by atoms with Gasteiger partial charge in [0.2, 0.25) is 0 Å². The molecule has 1 aromatic carbocycles. The lowest BCUT2D eigenvalue weighted by Crippen LogP contribution is -2.05. The Bertz CT molecular complexity index is 511. The van der Waals surface area contributed by atoms with E-state index in [0.29, 0.717) is 18.0 Å². The maximum Gasteiger partial charge on any atom is 0.179 e. The highest BCUT2D eigenvalue weighted by Gasteiger charge is 2.18. The van der Waals surface area contributed by atoms with Crippen molar-refractivity contribution in [1.82, 2.24) is 0 Å². The lowest BCUT2D eigenvalue weighted by molar-refractivity contribution is 0.388. The number of nitrogens with two attached hydrogens (primary N) is 1. The molecule has 0 atom stereocenters. The number of sulfone groups is 1. The van der Waals surface area contributed by atoms with Crippen molar-refractivity contribution in [3.63, 3.8) is 0 Å². The summed E-state index contributed by atoms with van der Waals surface area (Å²) in [6.07, 6.45) is 2.67. The van der Waals surface area contributed by atoms with Crippen LogP contribution in [0.4, 0.5) is 0 Å². The summed E-state index contributed by atoms with van der Waals surface area (Å²) in [5.41, 5.74) is 6.37. The largest absolute Gasteiger partial charge is 0.496 e. The Kier molecular flexibility index (Phi) is 4.98. The second-order valence-electron chi connectivity index (χ2n) is 3.98. The van der Waals surface area contributed by atoms with Crippen LogP contribution in [0.5, 0.6) is 11.5 Å². The summed E-state index contributed by atoms with van der Waals surface area (Å²) >= 11 is 0. The van der Waals surface area contributed by atoms with Crippen LogP contribution in [0, 0.1) is 0 Å². The van der Waals surface area contributed by atoms with Crippen LogP contribution in [0.15, 0.2) is 17.0 Å². The van der Waals surface area contributed by atoms with Gasteiger partial charge in [-0.25, -0.2) is 8.42 Å². The summed E-state index contributed by atoms with van der Waals surface area (Å²) < 4.78 is 33.6. The molecule has 1 rings (SSSR count). The van der Waals surface area contributed by atoms with Gasteiger partial charge in [0.1, 0.15) is 16.4 Å². The smallest absolute Gasteiger partial charge is 0.179 e. The van der Waals surface area contributed by atoms with Gasteiger partial charge in [-0.05, 0) is 31.0 Å². The molecule has 0 aliphatic rings. The third kappa shape index (κ3) is 3.36. The van der Waals surface area contributed by atoms with E-state index < -0.39 is 9.84 Å². The van der Waals surface area contributed by atoms with Gasteiger partial charge in [0.25, 0.3) is 0 Å². The second-order valence-corrected chi connectivity index (χ2v) is 5.96. The minimum atomic E-state index is -3.35. The molecule has 0 radical (unpaired) electrons. The number of rotatable bonds is 6. The van der Waals surface area contributed by atoms with E-state index in [1.165, 1.54) is 20.3 Å². The molecule has 0 aromatic heterocycles. The fourth-order valence-corrected chi connectivity index (χ4v) is 2.54. The summed E-state index contributed by atoms with van der Waals surface area (Å²) in [4.78, 5) is 0.137. The van der Waals surface area contributed by atoms with Crippen LogP contribution < -0.4 is 15.2 Å². The van der Waals surface area contributed by atoms with E-state index in [9.17, 15) is 8.42 Å². The molecular weight excluding hydrogens is 254 g/mol. The van der Waals surface area contributed by atoms with Gasteiger partial charge < -0.3 is 15.2 Å². The molecule has 0 fully saturated rings. The Labute approximate surface area is 108 Å². The van der Waals surface area contributed by atoms with Crippen LogP contribution in [0.2, 0.25) is 0 Å². The van der Waals surface area contributed by atoms with Gasteiger partial charge in [-0.3, -0.25) is 0 Å². The molecule has 0 unspecified atom stereocenters. The van der Waals surface area contributed by atoms with E-state index in [2.05, 4.69) is 0 Å². The fourth-order valence-electron chi connectivity index (χ4n) is 1.71. The summed E-state index contributed by atoms with van der Waals surface area (Å²) in [5.74, 6) is 0.884. The molecule has 0 saturated carbocycles. The Balaban J connectivity index is 3.32. The minimum Gasteiger partial charge on any atom is -0.496 e. The van der Waals surface area contributed by atoms with Crippen molar-refractivity contribution in [2.75, 3.05) is 27.0 Å².